The Morgan fingerprint density at radius 2 is 2.05 bits per heavy atom. The summed E-state index contributed by atoms with van der Waals surface area (Å²) < 4.78 is 26.0. The lowest BCUT2D eigenvalue weighted by Gasteiger charge is -2.03. The lowest BCUT2D eigenvalue weighted by Crippen LogP contribution is -2.25. The number of nitrogens with zero attached hydrogens (tertiary/aromatic N) is 1. The number of benzene rings is 1. The highest BCUT2D eigenvalue weighted by molar-refractivity contribution is 7.89. The quantitative estimate of drug-likeness (QED) is 0.671. The van der Waals surface area contributed by atoms with Gasteiger partial charge in [-0.25, -0.2) is 18.1 Å². The molecule has 0 radical (unpaired) electrons. The van der Waals surface area contributed by atoms with Gasteiger partial charge in [-0.1, -0.05) is 13.3 Å². The number of thiazole rings is 1. The second-order valence-electron chi connectivity index (χ2n) is 4.82. The fourth-order valence-electron chi connectivity index (χ4n) is 1.79. The van der Waals surface area contributed by atoms with E-state index in [0.717, 1.165) is 6.42 Å². The maximum absolute atomic E-state index is 11.7. The highest BCUT2D eigenvalue weighted by Crippen LogP contribution is 2.30. The molecule has 2 aromatic rings. The van der Waals surface area contributed by atoms with Gasteiger partial charge in [0.15, 0.2) is 11.5 Å². The molecule has 0 aliphatic heterocycles. The fraction of sp³-hybridized carbons (Fsp3) is 0.357. The lowest BCUT2D eigenvalue weighted by atomic mass is 10.1. The van der Waals surface area contributed by atoms with Crippen molar-refractivity contribution in [2.75, 3.05) is 5.75 Å². The molecule has 1 aromatic heterocycles. The molecule has 0 aliphatic rings. The van der Waals surface area contributed by atoms with Crippen molar-refractivity contribution >= 4 is 21.4 Å². The summed E-state index contributed by atoms with van der Waals surface area (Å²) in [6.07, 6.45) is 1.46. The maximum atomic E-state index is 11.7. The Kier molecular flexibility index (Phi) is 5.38. The normalized spacial score (nSPS) is 11.7. The summed E-state index contributed by atoms with van der Waals surface area (Å²) in [6.45, 7) is 2.09. The highest BCUT2D eigenvalue weighted by atomic mass is 32.2. The Labute approximate surface area is 133 Å². The first-order valence-corrected chi connectivity index (χ1v) is 9.38. The fourth-order valence-corrected chi connectivity index (χ4v) is 3.79. The average molecular weight is 342 g/mol. The third kappa shape index (κ3) is 4.43. The minimum atomic E-state index is -3.27. The average Bonchev–Trinajstić information content (AvgIpc) is 2.95. The number of phenolic OH excluding ortho intramolecular Hbond substituents is 2. The van der Waals surface area contributed by atoms with E-state index in [4.69, 9.17) is 0 Å². The summed E-state index contributed by atoms with van der Waals surface area (Å²) in [6, 6.07) is 4.44. The Hall–Kier alpha value is -1.64. The molecule has 22 heavy (non-hydrogen) atoms. The number of nitrogens with one attached hydrogen (secondary N) is 1. The number of aromatic nitrogens is 1. The summed E-state index contributed by atoms with van der Waals surface area (Å²) >= 11 is 1.34. The molecule has 0 spiro atoms. The van der Waals surface area contributed by atoms with Crippen LogP contribution in [0.3, 0.4) is 0 Å². The molecule has 6 nitrogen and oxygen atoms in total. The monoisotopic (exact) mass is 342 g/mol. The molecule has 1 heterocycles. The number of sulfonamides is 1. The minimum Gasteiger partial charge on any atom is -0.504 e. The summed E-state index contributed by atoms with van der Waals surface area (Å²) in [5.74, 6) is -0.289. The smallest absolute Gasteiger partial charge is 0.211 e. The van der Waals surface area contributed by atoms with E-state index in [1.54, 1.807) is 11.4 Å². The topological polar surface area (TPSA) is 99.5 Å². The molecule has 0 fully saturated rings. The zero-order chi connectivity index (χ0) is 16.2. The molecule has 0 saturated heterocycles. The van der Waals surface area contributed by atoms with E-state index in [9.17, 15) is 18.6 Å². The van der Waals surface area contributed by atoms with Crippen LogP contribution in [0.1, 0.15) is 24.8 Å². The van der Waals surface area contributed by atoms with Crippen molar-refractivity contribution in [1.82, 2.24) is 9.71 Å². The molecule has 0 bridgehead atoms. The molecule has 2 rings (SSSR count). The largest absolute Gasteiger partial charge is 0.504 e. The van der Waals surface area contributed by atoms with Crippen LogP contribution in [-0.4, -0.2) is 29.4 Å². The Morgan fingerprint density at radius 1 is 1.27 bits per heavy atom. The SMILES string of the molecule is CCCCS(=O)(=O)NCc1nc(-c2ccc(O)c(O)c2)cs1. The van der Waals surface area contributed by atoms with E-state index in [1.807, 2.05) is 6.92 Å². The van der Waals surface area contributed by atoms with E-state index in [2.05, 4.69) is 9.71 Å². The molecule has 0 amide bonds. The standard InChI is InChI=1S/C14H18N2O4S2/c1-2-3-6-22(19,20)15-8-14-16-11(9-21-14)10-4-5-12(17)13(18)7-10/h4-5,7,9,15,17-18H,2-3,6,8H2,1H3. The predicted molar refractivity (Wildman–Crippen MR) is 86.4 cm³/mol. The summed E-state index contributed by atoms with van der Waals surface area (Å²) in [7, 11) is -3.27. The van der Waals surface area contributed by atoms with Gasteiger partial charge in [0.2, 0.25) is 10.0 Å². The van der Waals surface area contributed by atoms with Crippen molar-refractivity contribution in [1.29, 1.82) is 0 Å². The molecule has 0 unspecified atom stereocenters. The van der Waals surface area contributed by atoms with Crippen LogP contribution < -0.4 is 4.72 Å². The van der Waals surface area contributed by atoms with Gasteiger partial charge in [0.1, 0.15) is 5.01 Å². The third-order valence-electron chi connectivity index (χ3n) is 3.03. The number of rotatable bonds is 7. The second-order valence-corrected chi connectivity index (χ2v) is 7.69. The van der Waals surface area contributed by atoms with Gasteiger partial charge in [-0.3, -0.25) is 0 Å². The van der Waals surface area contributed by atoms with E-state index in [1.165, 1.54) is 23.5 Å². The van der Waals surface area contributed by atoms with Gasteiger partial charge < -0.3 is 10.2 Å². The minimum absolute atomic E-state index is 0.119. The molecule has 120 valence electrons. The highest BCUT2D eigenvalue weighted by Gasteiger charge is 2.12. The van der Waals surface area contributed by atoms with Crippen LogP contribution in [0.5, 0.6) is 11.5 Å². The van der Waals surface area contributed by atoms with Crippen LogP contribution in [0, 0.1) is 0 Å². The van der Waals surface area contributed by atoms with Crippen molar-refractivity contribution < 1.29 is 18.6 Å². The number of hydrogen-bond donors (Lipinski definition) is 3. The molecule has 1 aromatic carbocycles. The number of phenols is 2. The van der Waals surface area contributed by atoms with Crippen molar-refractivity contribution in [3.8, 4) is 22.8 Å². The summed E-state index contributed by atoms with van der Waals surface area (Å²) in [5.41, 5.74) is 1.29. The zero-order valence-corrected chi connectivity index (χ0v) is 13.7. The molecule has 0 saturated carbocycles. The molecule has 0 atom stereocenters. The first-order chi connectivity index (χ1) is 10.4. The first-order valence-electron chi connectivity index (χ1n) is 6.85. The van der Waals surface area contributed by atoms with Crippen LogP contribution in [0.15, 0.2) is 23.6 Å². The molecular formula is C14H18N2O4S2. The predicted octanol–water partition coefficient (Wildman–Crippen LogP) is 2.44. The Balaban J connectivity index is 2.04. The van der Waals surface area contributed by atoms with Gasteiger partial charge >= 0.3 is 0 Å². The molecule has 0 aliphatic carbocycles. The summed E-state index contributed by atoms with van der Waals surface area (Å²) in [4.78, 5) is 4.33. The van der Waals surface area contributed by atoms with Crippen molar-refractivity contribution in [3.63, 3.8) is 0 Å². The summed E-state index contributed by atoms with van der Waals surface area (Å²) in [5, 5.41) is 21.2. The second kappa shape index (κ2) is 7.08. The number of aromatic hydroxyl groups is 2. The Bertz CT molecular complexity index is 741. The van der Waals surface area contributed by atoms with Gasteiger partial charge in [0.05, 0.1) is 18.0 Å². The van der Waals surface area contributed by atoms with E-state index < -0.39 is 10.0 Å². The van der Waals surface area contributed by atoms with Crippen molar-refractivity contribution in [3.05, 3.63) is 28.6 Å². The van der Waals surface area contributed by atoms with Gasteiger partial charge in [-0.2, -0.15) is 0 Å². The van der Waals surface area contributed by atoms with Gasteiger partial charge in [0.25, 0.3) is 0 Å². The van der Waals surface area contributed by atoms with Gasteiger partial charge in [-0.05, 0) is 24.6 Å². The Morgan fingerprint density at radius 3 is 2.73 bits per heavy atom. The van der Waals surface area contributed by atoms with Crippen LogP contribution in [0.4, 0.5) is 0 Å². The van der Waals surface area contributed by atoms with E-state index in [0.29, 0.717) is 22.7 Å². The molecular weight excluding hydrogens is 324 g/mol. The van der Waals surface area contributed by atoms with E-state index >= 15 is 0 Å². The number of unbranched alkanes of at least 4 members (excludes halogenated alkanes) is 1. The molecule has 8 heteroatoms. The van der Waals surface area contributed by atoms with Crippen molar-refractivity contribution in [2.24, 2.45) is 0 Å². The van der Waals surface area contributed by atoms with Crippen LogP contribution >= 0.6 is 11.3 Å². The number of hydrogen-bond acceptors (Lipinski definition) is 6. The van der Waals surface area contributed by atoms with Gasteiger partial charge in [0, 0.05) is 10.9 Å². The van der Waals surface area contributed by atoms with E-state index in [-0.39, 0.29) is 23.8 Å². The van der Waals surface area contributed by atoms with Gasteiger partial charge in [-0.15, -0.1) is 11.3 Å². The first kappa shape index (κ1) is 16.7. The maximum Gasteiger partial charge on any atom is 0.211 e. The van der Waals surface area contributed by atoms with Crippen LogP contribution in [0.2, 0.25) is 0 Å². The van der Waals surface area contributed by atoms with Crippen molar-refractivity contribution in [2.45, 2.75) is 26.3 Å². The van der Waals surface area contributed by atoms with Crippen LogP contribution in [-0.2, 0) is 16.6 Å². The van der Waals surface area contributed by atoms with Crippen LogP contribution in [0.25, 0.3) is 11.3 Å². The molecule has 3 N–H and O–H groups in total. The zero-order valence-electron chi connectivity index (χ0n) is 12.1. The third-order valence-corrected chi connectivity index (χ3v) is 5.29. The lowest BCUT2D eigenvalue weighted by molar-refractivity contribution is 0.404.